The summed E-state index contributed by atoms with van der Waals surface area (Å²) in [7, 11) is 0. The fourth-order valence-corrected chi connectivity index (χ4v) is 7.63. The number of thiophene rings is 1. The Hall–Kier alpha value is -5.38. The zero-order chi connectivity index (χ0) is 28.3. The SMILES string of the molecule is c1ccc2c(N(c3ccc(-c4ccc5oc6ccccc6c5c4)cc3)c3cccc4c3sc3ccccc34)cccc2c1. The zero-order valence-corrected chi connectivity index (χ0v) is 24.0. The normalized spacial score (nSPS) is 11.7. The van der Waals surface area contributed by atoms with E-state index in [-0.39, 0.29) is 0 Å². The average molecular weight is 568 g/mol. The van der Waals surface area contributed by atoms with E-state index in [4.69, 9.17) is 4.42 Å². The van der Waals surface area contributed by atoms with Crippen LogP contribution < -0.4 is 4.90 Å². The average Bonchev–Trinajstić information content (AvgIpc) is 3.64. The molecule has 2 nitrogen and oxygen atoms in total. The highest BCUT2D eigenvalue weighted by Gasteiger charge is 2.20. The first-order valence-corrected chi connectivity index (χ1v) is 15.3. The third-order valence-corrected chi connectivity index (χ3v) is 9.68. The first kappa shape index (κ1) is 24.2. The maximum atomic E-state index is 6.08. The van der Waals surface area contributed by atoms with Gasteiger partial charge in [-0.2, -0.15) is 0 Å². The molecule has 9 aromatic rings. The van der Waals surface area contributed by atoms with Crippen LogP contribution >= 0.6 is 11.3 Å². The molecule has 7 aromatic carbocycles. The van der Waals surface area contributed by atoms with Crippen molar-refractivity contribution in [2.24, 2.45) is 0 Å². The Morgan fingerprint density at radius 1 is 0.442 bits per heavy atom. The first-order valence-electron chi connectivity index (χ1n) is 14.5. The quantitative estimate of drug-likeness (QED) is 0.210. The van der Waals surface area contributed by atoms with Crippen LogP contribution in [0.25, 0.3) is 64.0 Å². The highest BCUT2D eigenvalue weighted by atomic mass is 32.1. The summed E-state index contributed by atoms with van der Waals surface area (Å²) in [4.78, 5) is 2.43. The molecule has 2 heterocycles. The fourth-order valence-electron chi connectivity index (χ4n) is 6.43. The van der Waals surface area contributed by atoms with E-state index in [2.05, 4.69) is 144 Å². The maximum Gasteiger partial charge on any atom is 0.135 e. The van der Waals surface area contributed by atoms with Crippen LogP contribution in [0, 0.1) is 0 Å². The maximum absolute atomic E-state index is 6.08. The molecule has 0 fully saturated rings. The molecule has 0 saturated heterocycles. The van der Waals surface area contributed by atoms with Gasteiger partial charge in [0.15, 0.2) is 0 Å². The Bertz CT molecular complexity index is 2460. The molecule has 0 bridgehead atoms. The molecule has 0 aliphatic rings. The minimum atomic E-state index is 0.917. The minimum absolute atomic E-state index is 0.917. The summed E-state index contributed by atoms with van der Waals surface area (Å²) >= 11 is 1.86. The van der Waals surface area contributed by atoms with Gasteiger partial charge < -0.3 is 9.32 Å². The summed E-state index contributed by atoms with van der Waals surface area (Å²) in [5.74, 6) is 0. The van der Waals surface area contributed by atoms with E-state index in [1.165, 1.54) is 53.4 Å². The molecule has 0 atom stereocenters. The molecule has 0 aliphatic carbocycles. The van der Waals surface area contributed by atoms with Gasteiger partial charge in [0.05, 0.1) is 16.1 Å². The van der Waals surface area contributed by atoms with E-state index in [9.17, 15) is 0 Å². The van der Waals surface area contributed by atoms with E-state index >= 15 is 0 Å². The molecular weight excluding hydrogens is 543 g/mol. The second-order valence-corrected chi connectivity index (χ2v) is 12.0. The summed E-state index contributed by atoms with van der Waals surface area (Å²) < 4.78 is 8.67. The summed E-state index contributed by atoms with van der Waals surface area (Å²) in [6.07, 6.45) is 0. The molecule has 0 aliphatic heterocycles. The zero-order valence-electron chi connectivity index (χ0n) is 23.2. The van der Waals surface area contributed by atoms with E-state index < -0.39 is 0 Å². The van der Waals surface area contributed by atoms with Crippen molar-refractivity contribution in [3.05, 3.63) is 152 Å². The van der Waals surface area contributed by atoms with E-state index in [1.54, 1.807) is 0 Å². The van der Waals surface area contributed by atoms with Crippen molar-refractivity contribution in [1.82, 2.24) is 0 Å². The number of hydrogen-bond acceptors (Lipinski definition) is 3. The Balaban J connectivity index is 1.23. The second kappa shape index (κ2) is 9.59. The van der Waals surface area contributed by atoms with Gasteiger partial charge in [-0.15, -0.1) is 11.3 Å². The van der Waals surface area contributed by atoms with Crippen LogP contribution in [0.4, 0.5) is 17.1 Å². The van der Waals surface area contributed by atoms with Gasteiger partial charge in [-0.25, -0.2) is 0 Å². The molecule has 9 rings (SSSR count). The van der Waals surface area contributed by atoms with Gasteiger partial charge in [-0.3, -0.25) is 0 Å². The number of benzene rings is 7. The van der Waals surface area contributed by atoms with Crippen LogP contribution in [0.1, 0.15) is 0 Å². The lowest BCUT2D eigenvalue weighted by Gasteiger charge is -2.27. The Morgan fingerprint density at radius 3 is 2.00 bits per heavy atom. The number of hydrogen-bond donors (Lipinski definition) is 0. The molecule has 0 spiro atoms. The lowest BCUT2D eigenvalue weighted by atomic mass is 10.0. The predicted octanol–water partition coefficient (Wildman–Crippen LogP) is 12.2. The summed E-state index contributed by atoms with van der Waals surface area (Å²) in [5.41, 5.74) is 7.67. The Morgan fingerprint density at radius 2 is 1.09 bits per heavy atom. The first-order chi connectivity index (χ1) is 21.3. The largest absolute Gasteiger partial charge is 0.456 e. The topological polar surface area (TPSA) is 16.4 Å². The minimum Gasteiger partial charge on any atom is -0.456 e. The molecule has 2 aromatic heterocycles. The smallest absolute Gasteiger partial charge is 0.135 e. The number of para-hydroxylation sites is 1. The second-order valence-electron chi connectivity index (χ2n) is 10.9. The highest BCUT2D eigenvalue weighted by Crippen LogP contribution is 2.46. The Labute approximate surface area is 252 Å². The van der Waals surface area contributed by atoms with Crippen LogP contribution in [-0.2, 0) is 0 Å². The predicted molar refractivity (Wildman–Crippen MR) is 184 cm³/mol. The highest BCUT2D eigenvalue weighted by molar-refractivity contribution is 7.26. The van der Waals surface area contributed by atoms with Gasteiger partial charge in [0.2, 0.25) is 0 Å². The standard InChI is InChI=1S/C40H25NOS/c1-2-11-30-27(9-1)10-7-15-35(30)41(36-16-8-14-33-32-13-4-6-18-39(32)43-40(33)36)29-22-19-26(20-23-29)28-21-24-38-34(25-28)31-12-3-5-17-37(31)42-38/h1-25H. The van der Waals surface area contributed by atoms with Gasteiger partial charge >= 0.3 is 0 Å². The van der Waals surface area contributed by atoms with E-state index in [0.29, 0.717) is 0 Å². The number of rotatable bonds is 4. The van der Waals surface area contributed by atoms with Gasteiger partial charge in [0, 0.05) is 37.3 Å². The van der Waals surface area contributed by atoms with Gasteiger partial charge in [-0.1, -0.05) is 103 Å². The molecule has 43 heavy (non-hydrogen) atoms. The van der Waals surface area contributed by atoms with Crippen LogP contribution in [0.3, 0.4) is 0 Å². The summed E-state index contributed by atoms with van der Waals surface area (Å²) in [5, 5.41) is 7.34. The Kier molecular flexibility index (Phi) is 5.40. The number of anilines is 3. The van der Waals surface area contributed by atoms with Gasteiger partial charge in [0.25, 0.3) is 0 Å². The third-order valence-electron chi connectivity index (χ3n) is 8.47. The molecule has 0 saturated carbocycles. The molecule has 202 valence electrons. The van der Waals surface area contributed by atoms with Crippen LogP contribution in [-0.4, -0.2) is 0 Å². The van der Waals surface area contributed by atoms with Crippen molar-refractivity contribution in [2.75, 3.05) is 4.90 Å². The molecule has 3 heteroatoms. The third kappa shape index (κ3) is 3.86. The van der Waals surface area contributed by atoms with Crippen molar-refractivity contribution in [1.29, 1.82) is 0 Å². The number of furan rings is 1. The number of nitrogens with zero attached hydrogens (tertiary/aromatic N) is 1. The van der Waals surface area contributed by atoms with Crippen molar-refractivity contribution in [2.45, 2.75) is 0 Å². The lowest BCUT2D eigenvalue weighted by Crippen LogP contribution is -2.10. The van der Waals surface area contributed by atoms with Crippen molar-refractivity contribution < 1.29 is 4.42 Å². The van der Waals surface area contributed by atoms with Gasteiger partial charge in [-0.05, 0) is 65.0 Å². The van der Waals surface area contributed by atoms with Crippen molar-refractivity contribution in [3.8, 4) is 11.1 Å². The van der Waals surface area contributed by atoms with Crippen LogP contribution in [0.2, 0.25) is 0 Å². The van der Waals surface area contributed by atoms with Crippen LogP contribution in [0.5, 0.6) is 0 Å². The van der Waals surface area contributed by atoms with Gasteiger partial charge in [0.1, 0.15) is 11.2 Å². The lowest BCUT2D eigenvalue weighted by molar-refractivity contribution is 0.669. The van der Waals surface area contributed by atoms with Crippen molar-refractivity contribution in [3.63, 3.8) is 0 Å². The molecule has 0 amide bonds. The van der Waals surface area contributed by atoms with Crippen molar-refractivity contribution >= 4 is 81.3 Å². The summed E-state index contributed by atoms with van der Waals surface area (Å²) in [6.45, 7) is 0. The monoisotopic (exact) mass is 567 g/mol. The number of fused-ring (bicyclic) bond motifs is 7. The summed E-state index contributed by atoms with van der Waals surface area (Å²) in [6, 6.07) is 54.4. The molecule has 0 unspecified atom stereocenters. The molecular formula is C40H25NOS. The molecule has 0 N–H and O–H groups in total. The fraction of sp³-hybridized carbons (Fsp3) is 0. The van der Waals surface area contributed by atoms with Crippen LogP contribution in [0.15, 0.2) is 156 Å². The molecule has 0 radical (unpaired) electrons. The van der Waals surface area contributed by atoms with E-state index in [1.807, 2.05) is 23.5 Å². The van der Waals surface area contributed by atoms with E-state index in [0.717, 1.165) is 27.6 Å².